The fourth-order valence-electron chi connectivity index (χ4n) is 3.95. The average molecular weight is 438 g/mol. The molecule has 0 aliphatic heterocycles. The Morgan fingerprint density at radius 2 is 1.83 bits per heavy atom. The third kappa shape index (κ3) is 5.06. The van der Waals surface area contributed by atoms with E-state index in [9.17, 15) is 18.0 Å². The van der Waals surface area contributed by atoms with Gasteiger partial charge in [-0.3, -0.25) is 4.57 Å². The first-order valence-corrected chi connectivity index (χ1v) is 12.2. The number of hydrogen-bond acceptors (Lipinski definition) is 5. The SMILES string of the molecule is CC(C)n1c(=O)oc2cc(NC(=O)NC3CCC(CS(=O)(=O)C(C)C)CC3)ccc21. The first-order valence-electron chi connectivity index (χ1n) is 10.5. The summed E-state index contributed by atoms with van der Waals surface area (Å²) < 4.78 is 31.1. The minimum atomic E-state index is -3.04. The van der Waals surface area contributed by atoms with Crippen molar-refractivity contribution < 1.29 is 17.6 Å². The van der Waals surface area contributed by atoms with E-state index in [0.717, 1.165) is 25.7 Å². The Kier molecular flexibility index (Phi) is 6.59. The highest BCUT2D eigenvalue weighted by Crippen LogP contribution is 2.27. The molecule has 1 heterocycles. The molecule has 0 bridgehead atoms. The minimum absolute atomic E-state index is 0.0201. The molecule has 1 aliphatic carbocycles. The van der Waals surface area contributed by atoms with Gasteiger partial charge in [0, 0.05) is 23.8 Å². The van der Waals surface area contributed by atoms with E-state index in [0.29, 0.717) is 16.8 Å². The molecular weight excluding hydrogens is 406 g/mol. The van der Waals surface area contributed by atoms with Crippen molar-refractivity contribution in [1.29, 1.82) is 0 Å². The van der Waals surface area contributed by atoms with Crippen LogP contribution in [0.2, 0.25) is 0 Å². The van der Waals surface area contributed by atoms with Gasteiger partial charge in [0.25, 0.3) is 0 Å². The number of oxazole rings is 1. The van der Waals surface area contributed by atoms with Crippen molar-refractivity contribution in [3.8, 4) is 0 Å². The van der Waals surface area contributed by atoms with Crippen molar-refractivity contribution in [2.45, 2.75) is 70.7 Å². The van der Waals surface area contributed by atoms with Gasteiger partial charge in [0.05, 0.1) is 16.5 Å². The molecule has 0 saturated heterocycles. The predicted octanol–water partition coefficient (Wildman–Crippen LogP) is 3.68. The number of carbonyl (C=O) groups is 1. The number of amides is 2. The third-order valence-electron chi connectivity index (χ3n) is 5.76. The van der Waals surface area contributed by atoms with Gasteiger partial charge in [-0.15, -0.1) is 0 Å². The van der Waals surface area contributed by atoms with Crippen molar-refractivity contribution in [2.75, 3.05) is 11.1 Å². The van der Waals surface area contributed by atoms with Crippen LogP contribution in [0, 0.1) is 5.92 Å². The number of nitrogens with one attached hydrogen (secondary N) is 2. The number of benzene rings is 1. The number of fused-ring (bicyclic) bond motifs is 1. The van der Waals surface area contributed by atoms with Gasteiger partial charge in [-0.25, -0.2) is 18.0 Å². The van der Waals surface area contributed by atoms with Gasteiger partial charge >= 0.3 is 11.8 Å². The molecule has 3 rings (SSSR count). The zero-order chi connectivity index (χ0) is 22.1. The van der Waals surface area contributed by atoms with Gasteiger partial charge in [-0.2, -0.15) is 0 Å². The van der Waals surface area contributed by atoms with Gasteiger partial charge in [0.2, 0.25) is 0 Å². The number of nitrogens with zero attached hydrogens (tertiary/aromatic N) is 1. The minimum Gasteiger partial charge on any atom is -0.408 e. The third-order valence-corrected chi connectivity index (χ3v) is 8.13. The number of sulfone groups is 1. The Morgan fingerprint density at radius 1 is 1.17 bits per heavy atom. The summed E-state index contributed by atoms with van der Waals surface area (Å²) in [6, 6.07) is 4.82. The summed E-state index contributed by atoms with van der Waals surface area (Å²) in [4.78, 5) is 24.4. The normalized spacial score (nSPS) is 20.1. The van der Waals surface area contributed by atoms with Crippen molar-refractivity contribution in [1.82, 2.24) is 9.88 Å². The maximum Gasteiger partial charge on any atom is 0.420 e. The highest BCUT2D eigenvalue weighted by Gasteiger charge is 2.27. The van der Waals surface area contributed by atoms with Crippen LogP contribution in [0.1, 0.15) is 59.4 Å². The molecule has 2 N–H and O–H groups in total. The van der Waals surface area contributed by atoms with E-state index in [4.69, 9.17) is 4.42 Å². The van der Waals surface area contributed by atoms with Gasteiger partial charge in [0.1, 0.15) is 0 Å². The molecule has 0 unspecified atom stereocenters. The van der Waals surface area contributed by atoms with E-state index in [2.05, 4.69) is 10.6 Å². The molecule has 0 spiro atoms. The number of rotatable bonds is 6. The molecule has 0 radical (unpaired) electrons. The Balaban J connectivity index is 1.55. The molecule has 1 aromatic carbocycles. The average Bonchev–Trinajstić information content (AvgIpc) is 2.98. The van der Waals surface area contributed by atoms with Crippen LogP contribution < -0.4 is 16.4 Å². The fourth-order valence-corrected chi connectivity index (χ4v) is 5.33. The smallest absolute Gasteiger partial charge is 0.408 e. The van der Waals surface area contributed by atoms with Crippen molar-refractivity contribution in [3.05, 3.63) is 28.7 Å². The van der Waals surface area contributed by atoms with E-state index in [-0.39, 0.29) is 35.0 Å². The molecule has 1 aliphatic rings. The standard InChI is InChI=1S/C21H31N3O5S/c1-13(2)24-18-10-9-17(11-19(18)29-21(24)26)23-20(25)22-16-7-5-15(6-8-16)12-30(27,28)14(3)4/h9-11,13-16H,5-8,12H2,1-4H3,(H2,22,23,25). The Morgan fingerprint density at radius 3 is 2.43 bits per heavy atom. The van der Waals surface area contributed by atoms with Gasteiger partial charge in [-0.1, -0.05) is 0 Å². The quantitative estimate of drug-likeness (QED) is 0.716. The summed E-state index contributed by atoms with van der Waals surface area (Å²) in [6.07, 6.45) is 3.10. The summed E-state index contributed by atoms with van der Waals surface area (Å²) in [5, 5.41) is 5.40. The highest BCUT2D eigenvalue weighted by atomic mass is 32.2. The first-order chi connectivity index (χ1) is 14.1. The highest BCUT2D eigenvalue weighted by molar-refractivity contribution is 7.91. The Labute approximate surface area is 176 Å². The number of hydrogen-bond donors (Lipinski definition) is 2. The lowest BCUT2D eigenvalue weighted by atomic mass is 9.87. The lowest BCUT2D eigenvalue weighted by Gasteiger charge is -2.29. The summed E-state index contributed by atoms with van der Waals surface area (Å²) in [5.74, 6) is -0.0307. The predicted molar refractivity (Wildman–Crippen MR) is 118 cm³/mol. The van der Waals surface area contributed by atoms with Gasteiger partial charge in [0.15, 0.2) is 15.4 Å². The number of carbonyl (C=O) groups excluding carboxylic acids is 1. The van der Waals surface area contributed by atoms with Crippen molar-refractivity contribution >= 4 is 32.7 Å². The van der Waals surface area contributed by atoms with Gasteiger partial charge in [-0.05, 0) is 71.4 Å². The maximum atomic E-state index is 12.4. The molecule has 1 saturated carbocycles. The zero-order valence-corrected chi connectivity index (χ0v) is 18.8. The van der Waals surface area contributed by atoms with Crippen LogP contribution in [0.4, 0.5) is 10.5 Å². The van der Waals surface area contributed by atoms with Crippen LogP contribution in [-0.4, -0.2) is 36.1 Å². The fraction of sp³-hybridized carbons (Fsp3) is 0.619. The van der Waals surface area contributed by atoms with E-state index < -0.39 is 15.6 Å². The topological polar surface area (TPSA) is 110 Å². The van der Waals surface area contributed by atoms with E-state index in [1.807, 2.05) is 13.8 Å². The second-order valence-corrected chi connectivity index (χ2v) is 11.3. The van der Waals surface area contributed by atoms with E-state index >= 15 is 0 Å². The molecule has 2 amide bonds. The molecule has 0 atom stereocenters. The number of anilines is 1. The number of aromatic nitrogens is 1. The van der Waals surface area contributed by atoms with Crippen LogP contribution in [0.15, 0.2) is 27.4 Å². The van der Waals surface area contributed by atoms with Crippen LogP contribution in [0.3, 0.4) is 0 Å². The lowest BCUT2D eigenvalue weighted by molar-refractivity contribution is 0.239. The summed E-state index contributed by atoms with van der Waals surface area (Å²) in [6.45, 7) is 7.24. The molecule has 8 nitrogen and oxygen atoms in total. The van der Waals surface area contributed by atoms with Crippen LogP contribution in [0.25, 0.3) is 11.1 Å². The van der Waals surface area contributed by atoms with E-state index in [1.165, 1.54) is 0 Å². The Hall–Kier alpha value is -2.29. The number of urea groups is 1. The van der Waals surface area contributed by atoms with Crippen molar-refractivity contribution in [3.63, 3.8) is 0 Å². The second kappa shape index (κ2) is 8.83. The first kappa shape index (κ1) is 22.4. The molecule has 2 aromatic rings. The summed E-state index contributed by atoms with van der Waals surface area (Å²) in [7, 11) is -3.04. The van der Waals surface area contributed by atoms with Crippen molar-refractivity contribution in [2.24, 2.45) is 5.92 Å². The Bertz CT molecular complexity index is 1060. The lowest BCUT2D eigenvalue weighted by Crippen LogP contribution is -2.41. The molecule has 30 heavy (non-hydrogen) atoms. The zero-order valence-electron chi connectivity index (χ0n) is 18.0. The van der Waals surface area contributed by atoms with Crippen LogP contribution in [-0.2, 0) is 9.84 Å². The largest absolute Gasteiger partial charge is 0.420 e. The monoisotopic (exact) mass is 437 g/mol. The molecule has 9 heteroatoms. The molecular formula is C21H31N3O5S. The summed E-state index contributed by atoms with van der Waals surface area (Å²) >= 11 is 0. The molecule has 166 valence electrons. The maximum absolute atomic E-state index is 12.4. The van der Waals surface area contributed by atoms with Crippen LogP contribution >= 0.6 is 0 Å². The molecule has 1 aromatic heterocycles. The molecule has 1 fully saturated rings. The van der Waals surface area contributed by atoms with E-state index in [1.54, 1.807) is 36.6 Å². The van der Waals surface area contributed by atoms with Crippen LogP contribution in [0.5, 0.6) is 0 Å². The summed E-state index contributed by atoms with van der Waals surface area (Å²) in [5.41, 5.74) is 1.66. The second-order valence-electron chi connectivity index (χ2n) is 8.71. The van der Waals surface area contributed by atoms with Gasteiger partial charge < -0.3 is 15.1 Å².